The van der Waals surface area contributed by atoms with E-state index in [1.54, 1.807) is 6.07 Å². The Morgan fingerprint density at radius 3 is 2.84 bits per heavy atom. The molecule has 1 heterocycles. The van der Waals surface area contributed by atoms with Gasteiger partial charge in [0.25, 0.3) is 0 Å². The van der Waals surface area contributed by atoms with Crippen LogP contribution in [0.4, 0.5) is 11.4 Å². The summed E-state index contributed by atoms with van der Waals surface area (Å²) in [6.45, 7) is 2.22. The van der Waals surface area contributed by atoms with E-state index in [2.05, 4.69) is 11.4 Å². The van der Waals surface area contributed by atoms with Gasteiger partial charge in [-0.25, -0.2) is 0 Å². The zero-order valence-corrected chi connectivity index (χ0v) is 10.4. The minimum Gasteiger partial charge on any atom is -0.454 e. The van der Waals surface area contributed by atoms with E-state index in [1.807, 2.05) is 37.3 Å². The molecule has 0 spiro atoms. The third kappa shape index (κ3) is 2.06. The zero-order chi connectivity index (χ0) is 13.2. The molecule has 0 atom stereocenters. The molecular formula is C15H12N2O2. The van der Waals surface area contributed by atoms with Crippen LogP contribution >= 0.6 is 0 Å². The Labute approximate surface area is 111 Å². The van der Waals surface area contributed by atoms with Gasteiger partial charge in [-0.3, -0.25) is 0 Å². The zero-order valence-electron chi connectivity index (χ0n) is 10.4. The van der Waals surface area contributed by atoms with Gasteiger partial charge in [-0.15, -0.1) is 0 Å². The molecule has 0 amide bonds. The lowest BCUT2D eigenvalue weighted by Gasteiger charge is -2.11. The molecule has 0 bridgehead atoms. The van der Waals surface area contributed by atoms with Crippen LogP contribution < -0.4 is 14.8 Å². The van der Waals surface area contributed by atoms with Gasteiger partial charge in [-0.05, 0) is 30.7 Å². The number of benzene rings is 2. The van der Waals surface area contributed by atoms with Gasteiger partial charge in [0.2, 0.25) is 6.79 Å². The molecule has 1 N–H and O–H groups in total. The van der Waals surface area contributed by atoms with Crippen LogP contribution in [0.5, 0.6) is 11.5 Å². The number of hydrogen-bond acceptors (Lipinski definition) is 4. The first-order chi connectivity index (χ1) is 9.28. The number of nitrogens with zero attached hydrogens (tertiary/aromatic N) is 1. The van der Waals surface area contributed by atoms with E-state index in [-0.39, 0.29) is 6.79 Å². The van der Waals surface area contributed by atoms with Gasteiger partial charge in [-0.1, -0.05) is 12.1 Å². The van der Waals surface area contributed by atoms with Crippen molar-refractivity contribution >= 4 is 11.4 Å². The van der Waals surface area contributed by atoms with Crippen LogP contribution in [-0.4, -0.2) is 6.79 Å². The Hall–Kier alpha value is -2.67. The lowest BCUT2D eigenvalue weighted by molar-refractivity contribution is 0.174. The first kappa shape index (κ1) is 11.4. The van der Waals surface area contributed by atoms with Crippen molar-refractivity contribution in [3.63, 3.8) is 0 Å². The summed E-state index contributed by atoms with van der Waals surface area (Å²) in [5.74, 6) is 1.47. The Bertz CT molecular complexity index is 674. The Morgan fingerprint density at radius 1 is 1.16 bits per heavy atom. The molecule has 0 saturated carbocycles. The van der Waals surface area contributed by atoms with Crippen molar-refractivity contribution in [3.8, 4) is 17.6 Å². The van der Waals surface area contributed by atoms with Gasteiger partial charge in [-0.2, -0.15) is 5.26 Å². The highest BCUT2D eigenvalue weighted by Gasteiger charge is 2.14. The summed E-state index contributed by atoms with van der Waals surface area (Å²) >= 11 is 0. The fraction of sp³-hybridized carbons (Fsp3) is 0.133. The van der Waals surface area contributed by atoms with Crippen LogP contribution in [0, 0.1) is 18.3 Å². The Morgan fingerprint density at radius 2 is 2.00 bits per heavy atom. The molecule has 0 aromatic heterocycles. The standard InChI is InChI=1S/C15H12N2O2/c1-10-3-2-4-11(8-16)15(10)17-12-5-6-13-14(7-12)19-9-18-13/h2-7,17H,9H2,1H3. The summed E-state index contributed by atoms with van der Waals surface area (Å²) in [6.07, 6.45) is 0. The maximum Gasteiger partial charge on any atom is 0.231 e. The lowest BCUT2D eigenvalue weighted by Crippen LogP contribution is -1.96. The van der Waals surface area contributed by atoms with E-state index < -0.39 is 0 Å². The van der Waals surface area contributed by atoms with Crippen LogP contribution in [0.25, 0.3) is 0 Å². The molecule has 2 aromatic rings. The lowest BCUT2D eigenvalue weighted by atomic mass is 10.1. The largest absolute Gasteiger partial charge is 0.454 e. The molecule has 19 heavy (non-hydrogen) atoms. The van der Waals surface area contributed by atoms with Crippen LogP contribution in [0.1, 0.15) is 11.1 Å². The average Bonchev–Trinajstić information content (AvgIpc) is 2.88. The number of nitriles is 1. The first-order valence-corrected chi connectivity index (χ1v) is 5.94. The summed E-state index contributed by atoms with van der Waals surface area (Å²) in [5, 5.41) is 12.4. The van der Waals surface area contributed by atoms with Crippen molar-refractivity contribution in [2.45, 2.75) is 6.92 Å². The third-order valence-corrected chi connectivity index (χ3v) is 3.04. The topological polar surface area (TPSA) is 54.3 Å². The molecule has 1 aliphatic heterocycles. The van der Waals surface area contributed by atoms with Gasteiger partial charge in [0.15, 0.2) is 11.5 Å². The van der Waals surface area contributed by atoms with Gasteiger partial charge in [0, 0.05) is 11.8 Å². The number of fused-ring (bicyclic) bond motifs is 1. The predicted molar refractivity (Wildman–Crippen MR) is 71.7 cm³/mol. The molecule has 0 radical (unpaired) electrons. The third-order valence-electron chi connectivity index (χ3n) is 3.04. The van der Waals surface area contributed by atoms with Crippen molar-refractivity contribution in [2.24, 2.45) is 0 Å². The highest BCUT2D eigenvalue weighted by Crippen LogP contribution is 2.35. The average molecular weight is 252 g/mol. The summed E-state index contributed by atoms with van der Waals surface area (Å²) < 4.78 is 10.6. The Kier molecular flexibility index (Phi) is 2.73. The minimum atomic E-state index is 0.257. The second-order valence-corrected chi connectivity index (χ2v) is 4.30. The number of nitrogens with one attached hydrogen (secondary N) is 1. The van der Waals surface area contributed by atoms with Crippen molar-refractivity contribution in [2.75, 3.05) is 12.1 Å². The second kappa shape index (κ2) is 4.54. The minimum absolute atomic E-state index is 0.257. The van der Waals surface area contributed by atoms with Crippen molar-refractivity contribution < 1.29 is 9.47 Å². The Balaban J connectivity index is 1.96. The number of anilines is 2. The summed E-state index contributed by atoms with van der Waals surface area (Å²) in [7, 11) is 0. The summed E-state index contributed by atoms with van der Waals surface area (Å²) in [5.41, 5.74) is 3.34. The van der Waals surface area contributed by atoms with Gasteiger partial charge < -0.3 is 14.8 Å². The molecule has 0 aliphatic carbocycles. The van der Waals surface area contributed by atoms with Crippen molar-refractivity contribution in [1.29, 1.82) is 5.26 Å². The quantitative estimate of drug-likeness (QED) is 0.890. The maximum absolute atomic E-state index is 9.14. The molecule has 0 saturated heterocycles. The molecular weight excluding hydrogens is 240 g/mol. The number of hydrogen-bond donors (Lipinski definition) is 1. The van der Waals surface area contributed by atoms with E-state index in [0.717, 1.165) is 28.4 Å². The van der Waals surface area contributed by atoms with E-state index in [9.17, 15) is 0 Å². The SMILES string of the molecule is Cc1cccc(C#N)c1Nc1ccc2c(c1)OCO2. The first-order valence-electron chi connectivity index (χ1n) is 5.94. The number of rotatable bonds is 2. The second-order valence-electron chi connectivity index (χ2n) is 4.30. The molecule has 1 aliphatic rings. The normalized spacial score (nSPS) is 12.0. The summed E-state index contributed by atoms with van der Waals surface area (Å²) in [6, 6.07) is 13.5. The van der Waals surface area contributed by atoms with Crippen LogP contribution in [0.2, 0.25) is 0 Å². The molecule has 0 fully saturated rings. The molecule has 2 aromatic carbocycles. The predicted octanol–water partition coefficient (Wildman–Crippen LogP) is 3.34. The molecule has 4 heteroatoms. The highest BCUT2D eigenvalue weighted by atomic mass is 16.7. The van der Waals surface area contributed by atoms with Crippen LogP contribution in [0.15, 0.2) is 36.4 Å². The van der Waals surface area contributed by atoms with Crippen LogP contribution in [-0.2, 0) is 0 Å². The molecule has 3 rings (SSSR count). The fourth-order valence-electron chi connectivity index (χ4n) is 2.05. The van der Waals surface area contributed by atoms with Crippen molar-refractivity contribution in [3.05, 3.63) is 47.5 Å². The molecule has 94 valence electrons. The number of ether oxygens (including phenoxy) is 2. The van der Waals surface area contributed by atoms with E-state index in [1.165, 1.54) is 0 Å². The summed E-state index contributed by atoms with van der Waals surface area (Å²) in [4.78, 5) is 0. The number of aryl methyl sites for hydroxylation is 1. The smallest absolute Gasteiger partial charge is 0.231 e. The molecule has 4 nitrogen and oxygen atoms in total. The van der Waals surface area contributed by atoms with E-state index in [4.69, 9.17) is 14.7 Å². The van der Waals surface area contributed by atoms with E-state index in [0.29, 0.717) is 5.56 Å². The van der Waals surface area contributed by atoms with Crippen LogP contribution in [0.3, 0.4) is 0 Å². The van der Waals surface area contributed by atoms with Gasteiger partial charge in [0.1, 0.15) is 6.07 Å². The fourth-order valence-corrected chi connectivity index (χ4v) is 2.05. The number of para-hydroxylation sites is 1. The van der Waals surface area contributed by atoms with Gasteiger partial charge in [0.05, 0.1) is 11.3 Å². The highest BCUT2D eigenvalue weighted by molar-refractivity contribution is 5.71. The maximum atomic E-state index is 9.14. The van der Waals surface area contributed by atoms with Gasteiger partial charge >= 0.3 is 0 Å². The van der Waals surface area contributed by atoms with Crippen molar-refractivity contribution in [1.82, 2.24) is 0 Å². The molecule has 0 unspecified atom stereocenters. The monoisotopic (exact) mass is 252 g/mol. The van der Waals surface area contributed by atoms with E-state index >= 15 is 0 Å².